The van der Waals surface area contributed by atoms with Crippen molar-refractivity contribution >= 4 is 17.3 Å². The quantitative estimate of drug-likeness (QED) is 0.828. The summed E-state index contributed by atoms with van der Waals surface area (Å²) in [5.41, 5.74) is 3.75. The highest BCUT2D eigenvalue weighted by Crippen LogP contribution is 2.36. The van der Waals surface area contributed by atoms with Gasteiger partial charge in [-0.3, -0.25) is 4.79 Å². The number of benzene rings is 2. The fourth-order valence-electron chi connectivity index (χ4n) is 3.10. The van der Waals surface area contributed by atoms with Crippen LogP contribution in [-0.2, 0) is 11.2 Å². The maximum Gasteiger partial charge on any atom is 0.250 e. The van der Waals surface area contributed by atoms with Gasteiger partial charge in [0.05, 0.1) is 13.2 Å². The minimum atomic E-state index is -0.159. The number of para-hydroxylation sites is 1. The van der Waals surface area contributed by atoms with Crippen molar-refractivity contribution in [3.63, 3.8) is 0 Å². The number of amides is 1. The van der Waals surface area contributed by atoms with Crippen LogP contribution in [0.2, 0.25) is 0 Å². The number of carbonyl (C=O) groups excluding carboxylic acids is 1. The van der Waals surface area contributed by atoms with Crippen molar-refractivity contribution in [2.24, 2.45) is 0 Å². The van der Waals surface area contributed by atoms with Crippen LogP contribution in [0.3, 0.4) is 0 Å². The smallest absolute Gasteiger partial charge is 0.250 e. The summed E-state index contributed by atoms with van der Waals surface area (Å²) in [5, 5.41) is 6.20. The highest BCUT2D eigenvalue weighted by Gasteiger charge is 2.20. The van der Waals surface area contributed by atoms with E-state index in [0.717, 1.165) is 47.8 Å². The molecule has 25 heavy (non-hydrogen) atoms. The standard InChI is InChI=1S/C20H20N2O3/c23-20(22-15-5-2-1-3-6-15)13-17-16-12-19-18(24-9-4-10-25-19)11-14(16)7-8-21-17/h1-3,5-6,11-13,21H,4,7-10H2,(H,22,23)/b17-13-. The molecule has 0 bridgehead atoms. The molecule has 2 heterocycles. The second-order valence-corrected chi connectivity index (χ2v) is 6.10. The van der Waals surface area contributed by atoms with Gasteiger partial charge in [0.1, 0.15) is 0 Å². The van der Waals surface area contributed by atoms with Gasteiger partial charge in [-0.2, -0.15) is 0 Å². The molecule has 0 atom stereocenters. The van der Waals surface area contributed by atoms with Crippen molar-refractivity contribution in [2.45, 2.75) is 12.8 Å². The Balaban J connectivity index is 1.62. The molecule has 2 aromatic rings. The number of hydrogen-bond acceptors (Lipinski definition) is 4. The van der Waals surface area contributed by atoms with Gasteiger partial charge in [-0.15, -0.1) is 0 Å². The van der Waals surface area contributed by atoms with E-state index in [1.54, 1.807) is 6.08 Å². The first-order valence-electron chi connectivity index (χ1n) is 8.54. The Morgan fingerprint density at radius 1 is 1.08 bits per heavy atom. The number of anilines is 1. The van der Waals surface area contributed by atoms with Gasteiger partial charge < -0.3 is 20.1 Å². The van der Waals surface area contributed by atoms with Gasteiger partial charge in [-0.25, -0.2) is 0 Å². The Bertz CT molecular complexity index is 815. The Morgan fingerprint density at radius 3 is 2.64 bits per heavy atom. The van der Waals surface area contributed by atoms with Crippen LogP contribution in [0.5, 0.6) is 11.5 Å². The average Bonchev–Trinajstić information content (AvgIpc) is 2.86. The molecule has 5 nitrogen and oxygen atoms in total. The molecule has 2 N–H and O–H groups in total. The zero-order valence-electron chi connectivity index (χ0n) is 13.9. The van der Waals surface area contributed by atoms with Crippen LogP contribution >= 0.6 is 0 Å². The lowest BCUT2D eigenvalue weighted by atomic mass is 9.96. The molecule has 128 valence electrons. The highest BCUT2D eigenvalue weighted by atomic mass is 16.5. The second-order valence-electron chi connectivity index (χ2n) is 6.10. The molecule has 0 fully saturated rings. The van der Waals surface area contributed by atoms with Crippen LogP contribution in [0.4, 0.5) is 5.69 Å². The van der Waals surface area contributed by atoms with Crippen LogP contribution in [0.1, 0.15) is 17.5 Å². The molecule has 0 aromatic heterocycles. The van der Waals surface area contributed by atoms with Gasteiger partial charge in [-0.05, 0) is 36.2 Å². The first-order chi connectivity index (χ1) is 12.3. The summed E-state index contributed by atoms with van der Waals surface area (Å²) in [7, 11) is 0. The number of ether oxygens (including phenoxy) is 2. The Kier molecular flexibility index (Phi) is 4.29. The zero-order chi connectivity index (χ0) is 17.1. The molecular weight excluding hydrogens is 316 g/mol. The van der Waals surface area contributed by atoms with Crippen LogP contribution in [-0.4, -0.2) is 25.7 Å². The number of hydrogen-bond donors (Lipinski definition) is 2. The third-order valence-corrected chi connectivity index (χ3v) is 4.29. The highest BCUT2D eigenvalue weighted by molar-refractivity contribution is 6.04. The molecule has 0 spiro atoms. The van der Waals surface area contributed by atoms with E-state index < -0.39 is 0 Å². The minimum absolute atomic E-state index is 0.159. The topological polar surface area (TPSA) is 59.6 Å². The molecule has 0 unspecified atom stereocenters. The van der Waals surface area contributed by atoms with E-state index in [0.29, 0.717) is 13.2 Å². The van der Waals surface area contributed by atoms with Crippen molar-refractivity contribution in [1.82, 2.24) is 5.32 Å². The van der Waals surface area contributed by atoms with E-state index in [4.69, 9.17) is 9.47 Å². The van der Waals surface area contributed by atoms with Crippen molar-refractivity contribution in [1.29, 1.82) is 0 Å². The van der Waals surface area contributed by atoms with Crippen LogP contribution in [0.25, 0.3) is 5.70 Å². The fraction of sp³-hybridized carbons (Fsp3) is 0.250. The summed E-state index contributed by atoms with van der Waals surface area (Å²) in [4.78, 5) is 12.4. The fourth-order valence-corrected chi connectivity index (χ4v) is 3.10. The van der Waals surface area contributed by atoms with Gasteiger partial charge in [0, 0.05) is 36.0 Å². The summed E-state index contributed by atoms with van der Waals surface area (Å²) < 4.78 is 11.5. The molecule has 0 aliphatic carbocycles. The van der Waals surface area contributed by atoms with Crippen molar-refractivity contribution in [3.05, 3.63) is 59.7 Å². The largest absolute Gasteiger partial charge is 0.490 e. The molecule has 2 aromatic carbocycles. The third-order valence-electron chi connectivity index (χ3n) is 4.29. The molecule has 2 aliphatic rings. The first-order valence-corrected chi connectivity index (χ1v) is 8.54. The van der Waals surface area contributed by atoms with E-state index in [1.807, 2.05) is 42.5 Å². The van der Waals surface area contributed by atoms with E-state index in [9.17, 15) is 4.79 Å². The molecule has 1 amide bonds. The molecule has 0 saturated carbocycles. The summed E-state index contributed by atoms with van der Waals surface area (Å²) >= 11 is 0. The molecule has 0 saturated heterocycles. The van der Waals surface area contributed by atoms with E-state index in [2.05, 4.69) is 10.6 Å². The lowest BCUT2D eigenvalue weighted by Gasteiger charge is -2.23. The molecular formula is C20H20N2O3. The van der Waals surface area contributed by atoms with Gasteiger partial charge in [0.25, 0.3) is 0 Å². The van der Waals surface area contributed by atoms with Crippen LogP contribution < -0.4 is 20.1 Å². The monoisotopic (exact) mass is 336 g/mol. The lowest BCUT2D eigenvalue weighted by molar-refractivity contribution is -0.111. The van der Waals surface area contributed by atoms with Crippen LogP contribution in [0.15, 0.2) is 48.5 Å². The van der Waals surface area contributed by atoms with Gasteiger partial charge >= 0.3 is 0 Å². The van der Waals surface area contributed by atoms with Crippen LogP contribution in [0, 0.1) is 0 Å². The van der Waals surface area contributed by atoms with Crippen molar-refractivity contribution < 1.29 is 14.3 Å². The third kappa shape index (κ3) is 3.45. The summed E-state index contributed by atoms with van der Waals surface area (Å²) in [6.45, 7) is 2.11. The molecule has 2 aliphatic heterocycles. The SMILES string of the molecule is O=C(/C=C1\NCCc2cc3c(cc21)OCCCO3)Nc1ccccc1. The Morgan fingerprint density at radius 2 is 1.84 bits per heavy atom. The summed E-state index contributed by atoms with van der Waals surface area (Å²) in [5.74, 6) is 1.38. The normalized spacial score (nSPS) is 17.2. The van der Waals surface area contributed by atoms with E-state index in [-0.39, 0.29) is 5.91 Å². The van der Waals surface area contributed by atoms with Crippen molar-refractivity contribution in [2.75, 3.05) is 25.1 Å². The number of fused-ring (bicyclic) bond motifs is 2. The predicted molar refractivity (Wildman–Crippen MR) is 96.8 cm³/mol. The van der Waals surface area contributed by atoms with Gasteiger partial charge in [0.2, 0.25) is 5.91 Å². The van der Waals surface area contributed by atoms with Gasteiger partial charge in [-0.1, -0.05) is 18.2 Å². The average molecular weight is 336 g/mol. The number of nitrogens with one attached hydrogen (secondary N) is 2. The van der Waals surface area contributed by atoms with Crippen molar-refractivity contribution in [3.8, 4) is 11.5 Å². The number of carbonyl (C=O) groups is 1. The molecule has 4 rings (SSSR count). The second kappa shape index (κ2) is 6.89. The Hall–Kier alpha value is -2.95. The summed E-state index contributed by atoms with van der Waals surface area (Å²) in [6.07, 6.45) is 3.37. The lowest BCUT2D eigenvalue weighted by Crippen LogP contribution is -2.24. The number of rotatable bonds is 2. The first kappa shape index (κ1) is 15.6. The maximum atomic E-state index is 12.4. The molecule has 0 radical (unpaired) electrons. The zero-order valence-corrected chi connectivity index (χ0v) is 13.9. The summed E-state index contributed by atoms with van der Waals surface area (Å²) in [6, 6.07) is 13.4. The predicted octanol–water partition coefficient (Wildman–Crippen LogP) is 2.97. The molecule has 5 heteroatoms. The Labute approximate surface area is 146 Å². The van der Waals surface area contributed by atoms with E-state index in [1.165, 1.54) is 5.56 Å². The van der Waals surface area contributed by atoms with Gasteiger partial charge in [0.15, 0.2) is 11.5 Å². The van der Waals surface area contributed by atoms with E-state index >= 15 is 0 Å². The minimum Gasteiger partial charge on any atom is -0.490 e. The maximum absolute atomic E-state index is 12.4.